The van der Waals surface area contributed by atoms with Crippen molar-refractivity contribution >= 4 is 0 Å². The third-order valence-corrected chi connectivity index (χ3v) is 4.27. The first-order chi connectivity index (χ1) is 8.40. The largest absolute Gasteiger partial charge is 0.0622 e. The summed E-state index contributed by atoms with van der Waals surface area (Å²) in [5.74, 6) is 1.68. The molecule has 2 rings (SSSR count). The zero-order chi connectivity index (χ0) is 11.9. The van der Waals surface area contributed by atoms with E-state index in [2.05, 4.69) is 37.3 Å². The summed E-state index contributed by atoms with van der Waals surface area (Å²) in [4.78, 5) is 0. The molecule has 0 amide bonds. The Hall–Kier alpha value is -0.780. The van der Waals surface area contributed by atoms with Crippen LogP contribution in [0.1, 0.15) is 62.8 Å². The van der Waals surface area contributed by atoms with Crippen LogP contribution in [0.4, 0.5) is 0 Å². The van der Waals surface area contributed by atoms with Crippen LogP contribution < -0.4 is 0 Å². The summed E-state index contributed by atoms with van der Waals surface area (Å²) >= 11 is 0. The Morgan fingerprint density at radius 2 is 1.76 bits per heavy atom. The maximum Gasteiger partial charge on any atom is -0.0162 e. The summed E-state index contributed by atoms with van der Waals surface area (Å²) in [6.45, 7) is 4.13. The Bertz CT molecular complexity index is 295. The topological polar surface area (TPSA) is 0 Å². The molecule has 0 aliphatic heterocycles. The highest BCUT2D eigenvalue weighted by atomic mass is 14.2. The quantitative estimate of drug-likeness (QED) is 0.638. The molecule has 17 heavy (non-hydrogen) atoms. The van der Waals surface area contributed by atoms with E-state index in [9.17, 15) is 0 Å². The van der Waals surface area contributed by atoms with E-state index in [0.717, 1.165) is 12.3 Å². The summed E-state index contributed by atoms with van der Waals surface area (Å²) in [6.07, 6.45) is 11.1. The third-order valence-electron chi connectivity index (χ3n) is 4.27. The molecule has 0 aromatic heterocycles. The molecule has 1 aromatic carbocycles. The van der Waals surface area contributed by atoms with Crippen molar-refractivity contribution in [1.82, 2.24) is 0 Å². The molecule has 0 bridgehead atoms. The van der Waals surface area contributed by atoms with Crippen LogP contribution in [0.15, 0.2) is 30.3 Å². The van der Waals surface area contributed by atoms with Gasteiger partial charge < -0.3 is 0 Å². The summed E-state index contributed by atoms with van der Waals surface area (Å²) in [6, 6.07) is 10.9. The van der Waals surface area contributed by atoms with Crippen LogP contribution in [-0.2, 0) is 0 Å². The van der Waals surface area contributed by atoms with Crippen molar-refractivity contribution in [1.29, 1.82) is 0 Å². The van der Waals surface area contributed by atoms with Gasteiger partial charge in [-0.05, 0) is 36.7 Å². The highest BCUT2D eigenvalue weighted by molar-refractivity contribution is 5.19. The predicted molar refractivity (Wildman–Crippen MR) is 75.0 cm³/mol. The zero-order valence-electron chi connectivity index (χ0n) is 10.9. The van der Waals surface area contributed by atoms with Gasteiger partial charge in [0.1, 0.15) is 0 Å². The van der Waals surface area contributed by atoms with E-state index in [4.69, 9.17) is 0 Å². The van der Waals surface area contributed by atoms with Gasteiger partial charge in [-0.1, -0.05) is 69.4 Å². The van der Waals surface area contributed by atoms with Crippen molar-refractivity contribution in [3.05, 3.63) is 42.8 Å². The zero-order valence-corrected chi connectivity index (χ0v) is 10.9. The van der Waals surface area contributed by atoms with Gasteiger partial charge in [0, 0.05) is 0 Å². The molecule has 1 aromatic rings. The fourth-order valence-corrected chi connectivity index (χ4v) is 3.12. The Labute approximate surface area is 106 Å². The number of benzene rings is 1. The smallest absolute Gasteiger partial charge is 0.0162 e. The van der Waals surface area contributed by atoms with Crippen molar-refractivity contribution in [2.24, 2.45) is 5.92 Å². The molecule has 0 heteroatoms. The molecule has 1 aliphatic rings. The van der Waals surface area contributed by atoms with Crippen LogP contribution >= 0.6 is 0 Å². The van der Waals surface area contributed by atoms with Gasteiger partial charge >= 0.3 is 0 Å². The Kier molecular flexibility index (Phi) is 5.09. The lowest BCUT2D eigenvalue weighted by atomic mass is 9.82. The van der Waals surface area contributed by atoms with Crippen molar-refractivity contribution in [2.45, 2.75) is 57.3 Å². The van der Waals surface area contributed by atoms with E-state index in [1.54, 1.807) is 0 Å². The number of hydrogen-bond acceptors (Lipinski definition) is 0. The second-order valence-electron chi connectivity index (χ2n) is 5.48. The minimum Gasteiger partial charge on any atom is -0.0622 e. The van der Waals surface area contributed by atoms with Gasteiger partial charge in [-0.15, -0.1) is 0 Å². The van der Waals surface area contributed by atoms with E-state index in [1.165, 1.54) is 50.5 Å². The summed E-state index contributed by atoms with van der Waals surface area (Å²) < 4.78 is 0. The van der Waals surface area contributed by atoms with Crippen LogP contribution in [0.5, 0.6) is 0 Å². The molecule has 0 saturated heterocycles. The fraction of sp³-hybridized carbons (Fsp3) is 0.588. The highest BCUT2D eigenvalue weighted by Crippen LogP contribution is 2.32. The van der Waals surface area contributed by atoms with Crippen LogP contribution in [0, 0.1) is 12.8 Å². The minimum absolute atomic E-state index is 0.679. The van der Waals surface area contributed by atoms with E-state index >= 15 is 0 Å². The molecule has 93 valence electrons. The summed E-state index contributed by atoms with van der Waals surface area (Å²) in [5, 5.41) is 0. The Balaban J connectivity index is 1.83. The Morgan fingerprint density at radius 3 is 2.41 bits per heavy atom. The van der Waals surface area contributed by atoms with Crippen molar-refractivity contribution in [3.8, 4) is 0 Å². The number of rotatable bonds is 5. The van der Waals surface area contributed by atoms with E-state index < -0.39 is 0 Å². The lowest BCUT2D eigenvalue weighted by Gasteiger charge is -2.24. The molecule has 0 nitrogen and oxygen atoms in total. The van der Waals surface area contributed by atoms with E-state index in [0.29, 0.717) is 5.92 Å². The SMILES string of the molecule is [CH2]CC(CCC1CCCCC1)c1ccccc1. The normalized spacial score (nSPS) is 19.1. The standard InChI is InChI=1S/C17H25/c1-2-16(17-11-7-4-8-12-17)14-13-15-9-5-3-6-10-15/h4,7-8,11-12,15-16H,1-3,5-6,9-10,13-14H2. The number of hydrogen-bond donors (Lipinski definition) is 0. The molecule has 0 spiro atoms. The van der Waals surface area contributed by atoms with Crippen LogP contribution in [0.3, 0.4) is 0 Å². The fourth-order valence-electron chi connectivity index (χ4n) is 3.12. The van der Waals surface area contributed by atoms with Gasteiger partial charge in [0.25, 0.3) is 0 Å². The predicted octanol–water partition coefficient (Wildman–Crippen LogP) is 5.35. The average Bonchev–Trinajstić information content (AvgIpc) is 2.42. The molecule has 1 fully saturated rings. The molecule has 0 N–H and O–H groups in total. The molecule has 0 heterocycles. The van der Waals surface area contributed by atoms with Gasteiger partial charge in [0.2, 0.25) is 0 Å². The van der Waals surface area contributed by atoms with Gasteiger partial charge in [0.15, 0.2) is 0 Å². The maximum absolute atomic E-state index is 4.13. The van der Waals surface area contributed by atoms with Crippen molar-refractivity contribution in [3.63, 3.8) is 0 Å². The van der Waals surface area contributed by atoms with E-state index in [1.807, 2.05) is 0 Å². The molecular formula is C17H25. The second kappa shape index (κ2) is 6.83. The molecule has 1 atom stereocenters. The van der Waals surface area contributed by atoms with Crippen LogP contribution in [0.2, 0.25) is 0 Å². The first-order valence-electron chi connectivity index (χ1n) is 7.24. The highest BCUT2D eigenvalue weighted by Gasteiger charge is 2.16. The first kappa shape index (κ1) is 12.7. The van der Waals surface area contributed by atoms with Gasteiger partial charge in [-0.3, -0.25) is 0 Å². The summed E-state index contributed by atoms with van der Waals surface area (Å²) in [7, 11) is 0. The van der Waals surface area contributed by atoms with Crippen molar-refractivity contribution < 1.29 is 0 Å². The van der Waals surface area contributed by atoms with Gasteiger partial charge in [0.05, 0.1) is 0 Å². The van der Waals surface area contributed by atoms with Crippen LogP contribution in [-0.4, -0.2) is 0 Å². The minimum atomic E-state index is 0.679. The van der Waals surface area contributed by atoms with Gasteiger partial charge in [-0.25, -0.2) is 0 Å². The average molecular weight is 229 g/mol. The third kappa shape index (κ3) is 3.87. The molecule has 1 radical (unpaired) electrons. The Morgan fingerprint density at radius 1 is 1.06 bits per heavy atom. The van der Waals surface area contributed by atoms with Gasteiger partial charge in [-0.2, -0.15) is 0 Å². The molecule has 1 aliphatic carbocycles. The lowest BCUT2D eigenvalue weighted by molar-refractivity contribution is 0.323. The van der Waals surface area contributed by atoms with Crippen molar-refractivity contribution in [2.75, 3.05) is 0 Å². The molecule has 1 saturated carbocycles. The lowest BCUT2D eigenvalue weighted by Crippen LogP contribution is -2.08. The first-order valence-corrected chi connectivity index (χ1v) is 7.24. The summed E-state index contributed by atoms with van der Waals surface area (Å²) in [5.41, 5.74) is 1.48. The second-order valence-corrected chi connectivity index (χ2v) is 5.48. The maximum atomic E-state index is 4.13. The molecule has 1 unspecified atom stereocenters. The van der Waals surface area contributed by atoms with Crippen LogP contribution in [0.25, 0.3) is 0 Å². The molecular weight excluding hydrogens is 204 g/mol. The van der Waals surface area contributed by atoms with E-state index in [-0.39, 0.29) is 0 Å². The monoisotopic (exact) mass is 229 g/mol.